The standard InChI is InChI=1S/C19H19ClN4O3/c1-26-16-5-3-13(9-17(16)27-2)7-8-22-19(25)14(10-21)11-23-18-6-4-15(20)12-24-18/h3-6,9,11-12H,7-8H2,1-2H3,(H,22,25)(H,23,24)/b14-11-. The van der Waals surface area contributed by atoms with E-state index in [2.05, 4.69) is 15.6 Å². The molecule has 0 aliphatic carbocycles. The zero-order valence-corrected chi connectivity index (χ0v) is 15.7. The van der Waals surface area contributed by atoms with Crippen LogP contribution in [0.3, 0.4) is 0 Å². The topological polar surface area (TPSA) is 96.3 Å². The molecule has 0 unspecified atom stereocenters. The lowest BCUT2D eigenvalue weighted by atomic mass is 10.1. The third kappa shape index (κ3) is 5.90. The first-order valence-electron chi connectivity index (χ1n) is 8.05. The molecule has 1 aromatic heterocycles. The first-order chi connectivity index (χ1) is 13.1. The van der Waals surface area contributed by atoms with E-state index >= 15 is 0 Å². The number of amides is 1. The van der Waals surface area contributed by atoms with Gasteiger partial charge in [-0.15, -0.1) is 0 Å². The predicted octanol–water partition coefficient (Wildman–Crippen LogP) is 2.93. The molecule has 0 bridgehead atoms. The van der Waals surface area contributed by atoms with Crippen molar-refractivity contribution in [3.8, 4) is 17.6 Å². The van der Waals surface area contributed by atoms with Crippen molar-refractivity contribution in [2.45, 2.75) is 6.42 Å². The summed E-state index contributed by atoms with van der Waals surface area (Å²) in [6, 6.07) is 10.7. The number of halogens is 1. The van der Waals surface area contributed by atoms with E-state index in [0.717, 1.165) is 5.56 Å². The maximum Gasteiger partial charge on any atom is 0.263 e. The number of pyridine rings is 1. The largest absolute Gasteiger partial charge is 0.493 e. The fourth-order valence-electron chi connectivity index (χ4n) is 2.21. The highest BCUT2D eigenvalue weighted by atomic mass is 35.5. The lowest BCUT2D eigenvalue weighted by Gasteiger charge is -2.10. The summed E-state index contributed by atoms with van der Waals surface area (Å²) < 4.78 is 10.4. The Morgan fingerprint density at radius 2 is 2.04 bits per heavy atom. The van der Waals surface area contributed by atoms with Crippen LogP contribution >= 0.6 is 11.6 Å². The summed E-state index contributed by atoms with van der Waals surface area (Å²) in [5.41, 5.74) is 0.915. The predicted molar refractivity (Wildman–Crippen MR) is 103 cm³/mol. The molecule has 0 spiro atoms. The van der Waals surface area contributed by atoms with Crippen molar-refractivity contribution in [1.29, 1.82) is 5.26 Å². The van der Waals surface area contributed by atoms with Crippen molar-refractivity contribution < 1.29 is 14.3 Å². The van der Waals surface area contributed by atoms with E-state index in [9.17, 15) is 4.79 Å². The quantitative estimate of drug-likeness (QED) is 0.535. The summed E-state index contributed by atoms with van der Waals surface area (Å²) in [4.78, 5) is 16.2. The summed E-state index contributed by atoms with van der Waals surface area (Å²) in [5, 5.41) is 15.2. The molecule has 0 saturated heterocycles. The molecule has 1 aromatic carbocycles. The van der Waals surface area contributed by atoms with Crippen LogP contribution in [0.5, 0.6) is 11.5 Å². The van der Waals surface area contributed by atoms with Crippen LogP contribution < -0.4 is 20.1 Å². The van der Waals surface area contributed by atoms with Gasteiger partial charge in [-0.2, -0.15) is 5.26 Å². The van der Waals surface area contributed by atoms with Gasteiger partial charge in [0.25, 0.3) is 5.91 Å². The van der Waals surface area contributed by atoms with Crippen molar-refractivity contribution in [3.63, 3.8) is 0 Å². The Balaban J connectivity index is 1.90. The van der Waals surface area contributed by atoms with Crippen LogP contribution in [0.25, 0.3) is 0 Å². The molecular formula is C19H19ClN4O3. The van der Waals surface area contributed by atoms with Crippen LogP contribution in [0.4, 0.5) is 5.82 Å². The van der Waals surface area contributed by atoms with Gasteiger partial charge in [0.15, 0.2) is 11.5 Å². The zero-order chi connectivity index (χ0) is 19.6. The van der Waals surface area contributed by atoms with E-state index < -0.39 is 5.91 Å². The molecule has 140 valence electrons. The van der Waals surface area contributed by atoms with Gasteiger partial charge in [0.05, 0.1) is 19.2 Å². The highest BCUT2D eigenvalue weighted by Crippen LogP contribution is 2.27. The number of benzene rings is 1. The van der Waals surface area contributed by atoms with Crippen molar-refractivity contribution >= 4 is 23.3 Å². The van der Waals surface area contributed by atoms with Gasteiger partial charge >= 0.3 is 0 Å². The number of nitriles is 1. The van der Waals surface area contributed by atoms with Crippen LogP contribution in [-0.4, -0.2) is 31.7 Å². The molecule has 7 nitrogen and oxygen atoms in total. The average molecular weight is 387 g/mol. The third-order valence-electron chi connectivity index (χ3n) is 3.60. The normalized spacial score (nSPS) is 10.7. The Morgan fingerprint density at radius 3 is 2.67 bits per heavy atom. The minimum absolute atomic E-state index is 0.0564. The smallest absolute Gasteiger partial charge is 0.263 e. The van der Waals surface area contributed by atoms with Gasteiger partial charge in [-0.3, -0.25) is 4.79 Å². The van der Waals surface area contributed by atoms with Gasteiger partial charge in [0, 0.05) is 18.9 Å². The highest BCUT2D eigenvalue weighted by Gasteiger charge is 2.09. The monoisotopic (exact) mass is 386 g/mol. The lowest BCUT2D eigenvalue weighted by molar-refractivity contribution is -0.117. The van der Waals surface area contributed by atoms with E-state index in [1.54, 1.807) is 32.4 Å². The number of rotatable bonds is 8. The van der Waals surface area contributed by atoms with Gasteiger partial charge in [-0.1, -0.05) is 17.7 Å². The average Bonchev–Trinajstić information content (AvgIpc) is 2.69. The molecule has 2 rings (SSSR count). The summed E-state index contributed by atoms with van der Waals surface area (Å²) in [6.45, 7) is 0.368. The first kappa shape index (κ1) is 20.1. The number of nitrogens with zero attached hydrogens (tertiary/aromatic N) is 2. The molecule has 0 aliphatic rings. The maximum absolute atomic E-state index is 12.1. The second-order valence-electron chi connectivity index (χ2n) is 5.37. The molecule has 8 heteroatoms. The fourth-order valence-corrected chi connectivity index (χ4v) is 2.32. The van der Waals surface area contributed by atoms with Gasteiger partial charge < -0.3 is 20.1 Å². The molecule has 27 heavy (non-hydrogen) atoms. The van der Waals surface area contributed by atoms with Crippen molar-refractivity contribution in [1.82, 2.24) is 10.3 Å². The number of nitrogens with one attached hydrogen (secondary N) is 2. The summed E-state index contributed by atoms with van der Waals surface area (Å²) >= 11 is 5.76. The van der Waals surface area contributed by atoms with E-state index in [0.29, 0.717) is 35.3 Å². The number of aromatic nitrogens is 1. The van der Waals surface area contributed by atoms with E-state index in [-0.39, 0.29) is 5.57 Å². The van der Waals surface area contributed by atoms with Crippen molar-refractivity contribution in [2.75, 3.05) is 26.1 Å². The zero-order valence-electron chi connectivity index (χ0n) is 15.0. The second-order valence-corrected chi connectivity index (χ2v) is 5.81. The highest BCUT2D eigenvalue weighted by molar-refractivity contribution is 6.30. The van der Waals surface area contributed by atoms with Gasteiger partial charge in [0.1, 0.15) is 17.5 Å². The Morgan fingerprint density at radius 1 is 1.26 bits per heavy atom. The van der Waals surface area contributed by atoms with Gasteiger partial charge in [-0.05, 0) is 36.2 Å². The van der Waals surface area contributed by atoms with Crippen molar-refractivity contribution in [3.05, 3.63) is 58.9 Å². The number of hydrogen-bond donors (Lipinski definition) is 2. The summed E-state index contributed by atoms with van der Waals surface area (Å²) in [7, 11) is 3.14. The molecule has 0 aliphatic heterocycles. The van der Waals surface area contributed by atoms with Crippen LogP contribution in [0.15, 0.2) is 48.3 Å². The number of carbonyl (C=O) groups is 1. The number of methoxy groups -OCH3 is 2. The Kier molecular flexibility index (Phi) is 7.47. The van der Waals surface area contributed by atoms with Crippen LogP contribution in [0.1, 0.15) is 5.56 Å². The molecule has 0 atom stereocenters. The molecule has 0 fully saturated rings. The summed E-state index contributed by atoms with van der Waals surface area (Å²) in [5.74, 6) is 1.27. The number of ether oxygens (including phenoxy) is 2. The minimum atomic E-state index is -0.473. The van der Waals surface area contributed by atoms with Gasteiger partial charge in [-0.25, -0.2) is 4.98 Å². The third-order valence-corrected chi connectivity index (χ3v) is 3.83. The van der Waals surface area contributed by atoms with E-state index in [1.807, 2.05) is 18.2 Å². The van der Waals surface area contributed by atoms with Gasteiger partial charge in [0.2, 0.25) is 0 Å². The first-order valence-corrected chi connectivity index (χ1v) is 8.42. The van der Waals surface area contributed by atoms with E-state index in [1.165, 1.54) is 12.4 Å². The molecule has 2 N–H and O–H groups in total. The molecule has 0 saturated carbocycles. The van der Waals surface area contributed by atoms with Crippen LogP contribution in [-0.2, 0) is 11.2 Å². The number of anilines is 1. The van der Waals surface area contributed by atoms with Crippen molar-refractivity contribution in [2.24, 2.45) is 0 Å². The Bertz CT molecular complexity index is 860. The second kappa shape index (κ2) is 10.0. The molecular weight excluding hydrogens is 368 g/mol. The molecule has 0 radical (unpaired) electrons. The van der Waals surface area contributed by atoms with Crippen LogP contribution in [0.2, 0.25) is 5.02 Å². The minimum Gasteiger partial charge on any atom is -0.493 e. The Labute approximate surface area is 162 Å². The molecule has 2 aromatic rings. The molecule has 1 amide bonds. The maximum atomic E-state index is 12.1. The SMILES string of the molecule is COc1ccc(CCNC(=O)/C(C#N)=C\Nc2ccc(Cl)cn2)cc1OC. The summed E-state index contributed by atoms with van der Waals surface area (Å²) in [6.07, 6.45) is 3.35. The van der Waals surface area contributed by atoms with E-state index in [4.69, 9.17) is 26.3 Å². The lowest BCUT2D eigenvalue weighted by Crippen LogP contribution is -2.27. The number of hydrogen-bond acceptors (Lipinski definition) is 6. The fraction of sp³-hybridized carbons (Fsp3) is 0.211. The molecule has 1 heterocycles. The van der Waals surface area contributed by atoms with Crippen LogP contribution in [0, 0.1) is 11.3 Å². The Hall–Kier alpha value is -3.24. The number of carbonyl (C=O) groups excluding carboxylic acids is 1.